The monoisotopic (exact) mass is 284 g/mol. The summed E-state index contributed by atoms with van der Waals surface area (Å²) in [6.45, 7) is 5.19. The predicted octanol–water partition coefficient (Wildman–Crippen LogP) is 2.42. The first kappa shape index (κ1) is 15.9. The highest BCUT2D eigenvalue weighted by Crippen LogP contribution is 2.27. The molecule has 7 heteroatoms. The molecule has 0 spiro atoms. The van der Waals surface area contributed by atoms with Crippen molar-refractivity contribution in [3.8, 4) is 5.75 Å². The van der Waals surface area contributed by atoms with Gasteiger partial charge in [0, 0.05) is 17.7 Å². The Balaban J connectivity index is 2.73. The zero-order chi connectivity index (χ0) is 15.3. The van der Waals surface area contributed by atoms with Gasteiger partial charge in [-0.15, -0.1) is 0 Å². The third kappa shape index (κ3) is 4.49. The highest BCUT2D eigenvalue weighted by atomic mass is 19.1. The molecule has 1 aromatic rings. The average Bonchev–Trinajstić information content (AvgIpc) is 2.35. The van der Waals surface area contributed by atoms with Gasteiger partial charge in [0.25, 0.3) is 5.91 Å². The van der Waals surface area contributed by atoms with E-state index in [4.69, 9.17) is 4.74 Å². The SMILES string of the molecule is CCC(C)(C)NC(=O)COc1cc(F)ccc1[N+](=O)[O-]. The minimum absolute atomic E-state index is 0.264. The summed E-state index contributed by atoms with van der Waals surface area (Å²) in [5.41, 5.74) is -0.775. The van der Waals surface area contributed by atoms with E-state index in [2.05, 4.69) is 5.32 Å². The standard InChI is InChI=1S/C13H17FN2O4/c1-4-13(2,3)15-12(17)8-20-11-7-9(14)5-6-10(11)16(18)19/h5-7H,4,8H2,1-3H3,(H,15,17). The quantitative estimate of drug-likeness (QED) is 0.642. The lowest BCUT2D eigenvalue weighted by atomic mass is 10.0. The summed E-state index contributed by atoms with van der Waals surface area (Å²) in [5, 5.41) is 13.5. The van der Waals surface area contributed by atoms with Crippen molar-refractivity contribution in [2.45, 2.75) is 32.7 Å². The third-order valence-electron chi connectivity index (χ3n) is 2.84. The maximum Gasteiger partial charge on any atom is 0.311 e. The van der Waals surface area contributed by atoms with Crippen LogP contribution in [0, 0.1) is 15.9 Å². The number of carbonyl (C=O) groups excluding carboxylic acids is 1. The van der Waals surface area contributed by atoms with Gasteiger partial charge in [0.05, 0.1) is 4.92 Å². The molecule has 20 heavy (non-hydrogen) atoms. The number of nitro groups is 1. The van der Waals surface area contributed by atoms with Gasteiger partial charge in [0.15, 0.2) is 6.61 Å². The van der Waals surface area contributed by atoms with Crippen molar-refractivity contribution in [1.82, 2.24) is 5.32 Å². The van der Waals surface area contributed by atoms with E-state index in [1.165, 1.54) is 0 Å². The van der Waals surface area contributed by atoms with E-state index >= 15 is 0 Å². The van der Waals surface area contributed by atoms with Crippen LogP contribution in [0.1, 0.15) is 27.2 Å². The van der Waals surface area contributed by atoms with E-state index in [9.17, 15) is 19.3 Å². The molecule has 1 N–H and O–H groups in total. The van der Waals surface area contributed by atoms with E-state index < -0.39 is 28.8 Å². The van der Waals surface area contributed by atoms with Crippen LogP contribution in [0.25, 0.3) is 0 Å². The molecule has 0 saturated carbocycles. The lowest BCUT2D eigenvalue weighted by molar-refractivity contribution is -0.385. The van der Waals surface area contributed by atoms with Crippen LogP contribution in [0.3, 0.4) is 0 Å². The van der Waals surface area contributed by atoms with Crippen LogP contribution in [0.4, 0.5) is 10.1 Å². The number of nitrogens with one attached hydrogen (secondary N) is 1. The second kappa shape index (κ2) is 6.31. The Hall–Kier alpha value is -2.18. The molecule has 0 fully saturated rings. The number of nitrogens with zero attached hydrogens (tertiary/aromatic N) is 1. The minimum atomic E-state index is -0.692. The van der Waals surface area contributed by atoms with Crippen molar-refractivity contribution in [3.63, 3.8) is 0 Å². The molecule has 0 aliphatic carbocycles. The number of carbonyl (C=O) groups is 1. The van der Waals surface area contributed by atoms with E-state index in [1.54, 1.807) is 0 Å². The third-order valence-corrected chi connectivity index (χ3v) is 2.84. The normalized spacial score (nSPS) is 11.0. The van der Waals surface area contributed by atoms with Crippen LogP contribution in [0.2, 0.25) is 0 Å². The summed E-state index contributed by atoms with van der Waals surface area (Å²) in [4.78, 5) is 21.7. The van der Waals surface area contributed by atoms with Crippen LogP contribution in [-0.4, -0.2) is 23.0 Å². The second-order valence-electron chi connectivity index (χ2n) is 4.94. The number of halogens is 1. The Morgan fingerprint density at radius 1 is 1.50 bits per heavy atom. The molecular weight excluding hydrogens is 267 g/mol. The van der Waals surface area contributed by atoms with Gasteiger partial charge in [-0.05, 0) is 26.3 Å². The van der Waals surface area contributed by atoms with Crippen molar-refractivity contribution < 1.29 is 18.8 Å². The molecule has 0 saturated heterocycles. The Labute approximate surface area is 116 Å². The van der Waals surface area contributed by atoms with Crippen LogP contribution in [0.15, 0.2) is 18.2 Å². The van der Waals surface area contributed by atoms with Crippen LogP contribution >= 0.6 is 0 Å². The lowest BCUT2D eigenvalue weighted by Crippen LogP contribution is -2.44. The van der Waals surface area contributed by atoms with Gasteiger partial charge in [0.2, 0.25) is 5.75 Å². The number of hydrogen-bond donors (Lipinski definition) is 1. The molecule has 0 aromatic heterocycles. The van der Waals surface area contributed by atoms with Crippen LogP contribution in [0.5, 0.6) is 5.75 Å². The van der Waals surface area contributed by atoms with E-state index in [-0.39, 0.29) is 11.4 Å². The lowest BCUT2D eigenvalue weighted by Gasteiger charge is -2.24. The fraction of sp³-hybridized carbons (Fsp3) is 0.462. The molecule has 6 nitrogen and oxygen atoms in total. The Kier molecular flexibility index (Phi) is 5.01. The maximum atomic E-state index is 13.1. The van der Waals surface area contributed by atoms with Crippen molar-refractivity contribution in [1.29, 1.82) is 0 Å². The van der Waals surface area contributed by atoms with Gasteiger partial charge in [-0.1, -0.05) is 6.92 Å². The number of ether oxygens (including phenoxy) is 1. The second-order valence-corrected chi connectivity index (χ2v) is 4.94. The minimum Gasteiger partial charge on any atom is -0.477 e. The van der Waals surface area contributed by atoms with Crippen molar-refractivity contribution in [3.05, 3.63) is 34.1 Å². The number of amides is 1. The number of hydrogen-bond acceptors (Lipinski definition) is 4. The summed E-state index contributed by atoms with van der Waals surface area (Å²) in [6, 6.07) is 2.85. The zero-order valence-electron chi connectivity index (χ0n) is 11.6. The van der Waals surface area contributed by atoms with E-state index in [0.717, 1.165) is 24.6 Å². The first-order valence-corrected chi connectivity index (χ1v) is 6.13. The molecule has 0 atom stereocenters. The van der Waals surface area contributed by atoms with Gasteiger partial charge in [-0.25, -0.2) is 4.39 Å². The van der Waals surface area contributed by atoms with Gasteiger partial charge in [0.1, 0.15) is 5.82 Å². The highest BCUT2D eigenvalue weighted by Gasteiger charge is 2.20. The summed E-state index contributed by atoms with van der Waals surface area (Å²) in [5.74, 6) is -1.35. The number of benzene rings is 1. The Morgan fingerprint density at radius 2 is 2.15 bits per heavy atom. The smallest absolute Gasteiger partial charge is 0.311 e. The molecule has 1 rings (SSSR count). The van der Waals surface area contributed by atoms with E-state index in [0.29, 0.717) is 0 Å². The topological polar surface area (TPSA) is 81.5 Å². The summed E-state index contributed by atoms with van der Waals surface area (Å²) < 4.78 is 18.1. The zero-order valence-corrected chi connectivity index (χ0v) is 11.6. The molecule has 0 aliphatic rings. The van der Waals surface area contributed by atoms with Crippen molar-refractivity contribution in [2.24, 2.45) is 0 Å². The molecular formula is C13H17FN2O4. The predicted molar refractivity (Wildman–Crippen MR) is 71.1 cm³/mol. The molecule has 0 bridgehead atoms. The van der Waals surface area contributed by atoms with Gasteiger partial charge >= 0.3 is 5.69 Å². The van der Waals surface area contributed by atoms with Crippen molar-refractivity contribution in [2.75, 3.05) is 6.61 Å². The highest BCUT2D eigenvalue weighted by molar-refractivity contribution is 5.78. The molecule has 1 amide bonds. The Morgan fingerprint density at radius 3 is 2.70 bits per heavy atom. The summed E-state index contributed by atoms with van der Waals surface area (Å²) >= 11 is 0. The van der Waals surface area contributed by atoms with Crippen LogP contribution in [-0.2, 0) is 4.79 Å². The molecule has 0 unspecified atom stereocenters. The fourth-order valence-electron chi connectivity index (χ4n) is 1.40. The molecule has 0 heterocycles. The first-order chi connectivity index (χ1) is 9.25. The van der Waals surface area contributed by atoms with Gasteiger partial charge < -0.3 is 10.1 Å². The summed E-state index contributed by atoms with van der Waals surface area (Å²) in [6.07, 6.45) is 0.721. The Bertz CT molecular complexity index is 517. The molecule has 0 aliphatic heterocycles. The molecule has 0 radical (unpaired) electrons. The van der Waals surface area contributed by atoms with Crippen molar-refractivity contribution >= 4 is 11.6 Å². The molecule has 1 aromatic carbocycles. The van der Waals surface area contributed by atoms with Crippen LogP contribution < -0.4 is 10.1 Å². The van der Waals surface area contributed by atoms with Gasteiger partial charge in [-0.3, -0.25) is 14.9 Å². The number of rotatable bonds is 6. The van der Waals surface area contributed by atoms with Gasteiger partial charge in [-0.2, -0.15) is 0 Å². The van der Waals surface area contributed by atoms with E-state index in [1.807, 2.05) is 20.8 Å². The largest absolute Gasteiger partial charge is 0.477 e. The fourth-order valence-corrected chi connectivity index (χ4v) is 1.40. The maximum absolute atomic E-state index is 13.1. The first-order valence-electron chi connectivity index (χ1n) is 6.13. The summed E-state index contributed by atoms with van der Waals surface area (Å²) in [7, 11) is 0. The molecule has 110 valence electrons. The average molecular weight is 284 g/mol. The number of nitro benzene ring substituents is 1.